The van der Waals surface area contributed by atoms with Gasteiger partial charge in [0.25, 0.3) is 11.8 Å². The van der Waals surface area contributed by atoms with Crippen molar-refractivity contribution in [1.29, 1.82) is 0 Å². The molecular formula is C27H28N6O4. The topological polar surface area (TPSA) is 125 Å². The first-order valence-corrected chi connectivity index (χ1v) is 12.4. The molecule has 0 radical (unpaired) electrons. The van der Waals surface area contributed by atoms with E-state index in [0.29, 0.717) is 36.0 Å². The molecule has 0 spiro atoms. The zero-order valence-corrected chi connectivity index (χ0v) is 20.7. The third-order valence-corrected chi connectivity index (χ3v) is 6.87. The lowest BCUT2D eigenvalue weighted by Gasteiger charge is -2.29. The Kier molecular flexibility index (Phi) is 6.64. The largest absolute Gasteiger partial charge is 0.339 e. The highest BCUT2D eigenvalue weighted by Crippen LogP contribution is 2.31. The molecular weight excluding hydrogens is 472 g/mol. The van der Waals surface area contributed by atoms with E-state index in [0.717, 1.165) is 0 Å². The lowest BCUT2D eigenvalue weighted by Crippen LogP contribution is -2.53. The zero-order valence-electron chi connectivity index (χ0n) is 20.7. The van der Waals surface area contributed by atoms with Crippen LogP contribution in [0.1, 0.15) is 47.5 Å². The van der Waals surface area contributed by atoms with Crippen molar-refractivity contribution in [2.24, 2.45) is 5.92 Å². The Balaban J connectivity index is 1.34. The van der Waals surface area contributed by atoms with Gasteiger partial charge < -0.3 is 15.1 Å². The second-order valence-corrected chi connectivity index (χ2v) is 9.87. The number of aromatic nitrogens is 3. The summed E-state index contributed by atoms with van der Waals surface area (Å²) < 4.78 is 0. The average molecular weight is 501 g/mol. The number of amides is 3. The van der Waals surface area contributed by atoms with Crippen molar-refractivity contribution in [3.8, 4) is 0 Å². The molecule has 2 aliphatic heterocycles. The van der Waals surface area contributed by atoms with Crippen LogP contribution in [0.2, 0.25) is 0 Å². The number of hydrogen-bond donors (Lipinski definition) is 1. The van der Waals surface area contributed by atoms with Gasteiger partial charge in [-0.15, -0.1) is 0 Å². The fourth-order valence-electron chi connectivity index (χ4n) is 5.19. The van der Waals surface area contributed by atoms with Gasteiger partial charge in [0.2, 0.25) is 5.91 Å². The highest BCUT2D eigenvalue weighted by molar-refractivity contribution is 6.03. The number of pyridine rings is 1. The van der Waals surface area contributed by atoms with Gasteiger partial charge in [0.15, 0.2) is 5.78 Å². The summed E-state index contributed by atoms with van der Waals surface area (Å²) >= 11 is 0. The van der Waals surface area contributed by atoms with Crippen molar-refractivity contribution >= 4 is 34.5 Å². The zero-order chi connectivity index (χ0) is 26.1. The predicted octanol–water partition coefficient (Wildman–Crippen LogP) is 1.86. The number of hydrogen-bond acceptors (Lipinski definition) is 7. The molecule has 3 aromatic rings. The number of Topliss-reactive ketones (excluding diaryl/α,β-unsaturated/α-hetero) is 1. The Labute approximate surface area is 214 Å². The molecule has 3 amide bonds. The summed E-state index contributed by atoms with van der Waals surface area (Å²) in [5, 5.41) is 2.83. The minimum absolute atomic E-state index is 0.0548. The minimum atomic E-state index is -0.838. The molecule has 190 valence electrons. The summed E-state index contributed by atoms with van der Waals surface area (Å²) in [4.78, 5) is 68.6. The number of nitrogens with one attached hydrogen (secondary N) is 1. The smallest absolute Gasteiger partial charge is 0.272 e. The third kappa shape index (κ3) is 4.78. The number of para-hydroxylation sites is 2. The van der Waals surface area contributed by atoms with E-state index in [1.807, 2.05) is 26.0 Å². The molecule has 3 atom stereocenters. The summed E-state index contributed by atoms with van der Waals surface area (Å²) in [6.07, 6.45) is 5.33. The molecule has 37 heavy (non-hydrogen) atoms. The molecule has 2 saturated heterocycles. The molecule has 2 aliphatic rings. The monoisotopic (exact) mass is 500 g/mol. The van der Waals surface area contributed by atoms with Crippen LogP contribution in [0.5, 0.6) is 0 Å². The maximum atomic E-state index is 13.7. The Morgan fingerprint density at radius 3 is 2.57 bits per heavy atom. The number of carbonyl (C=O) groups is 4. The molecule has 2 aromatic heterocycles. The van der Waals surface area contributed by atoms with Crippen LogP contribution >= 0.6 is 0 Å². The Hall–Kier alpha value is -4.21. The van der Waals surface area contributed by atoms with Crippen LogP contribution in [0.4, 0.5) is 0 Å². The number of nitrogens with zero attached hydrogens (tertiary/aromatic N) is 5. The lowest BCUT2D eigenvalue weighted by molar-refractivity contribution is -0.138. The van der Waals surface area contributed by atoms with Gasteiger partial charge in [-0.1, -0.05) is 26.0 Å². The van der Waals surface area contributed by atoms with E-state index in [-0.39, 0.29) is 35.8 Å². The van der Waals surface area contributed by atoms with Gasteiger partial charge in [-0.2, -0.15) is 0 Å². The molecule has 4 heterocycles. The van der Waals surface area contributed by atoms with E-state index < -0.39 is 24.0 Å². The number of rotatable bonds is 6. The average Bonchev–Trinajstić information content (AvgIpc) is 3.48. The maximum absolute atomic E-state index is 13.7. The maximum Gasteiger partial charge on any atom is 0.272 e. The normalized spacial score (nSPS) is 19.8. The first-order chi connectivity index (χ1) is 17.8. The number of fused-ring (bicyclic) bond motifs is 2. The van der Waals surface area contributed by atoms with Crippen molar-refractivity contribution in [3.63, 3.8) is 0 Å². The Morgan fingerprint density at radius 2 is 1.84 bits per heavy atom. The lowest BCUT2D eigenvalue weighted by atomic mass is 10.0. The summed E-state index contributed by atoms with van der Waals surface area (Å²) in [6, 6.07) is 8.61. The van der Waals surface area contributed by atoms with Gasteiger partial charge in [-0.25, -0.2) is 4.98 Å². The standard InChI is InChI=1S/C27H28N6O4/c1-16(2)12-20(31-25(35)21-14-29-18-7-3-4-8-19(18)30-21)27(37)32-11-9-22-24(32)23(34)15-33(22)26(36)17-6-5-10-28-13-17/h3-8,10,13-14,16,20,22,24H,9,11-12,15H2,1-2H3,(H,31,35)/t20-,22+,24-/m0/s1. The van der Waals surface area contributed by atoms with Crippen LogP contribution in [0.3, 0.4) is 0 Å². The van der Waals surface area contributed by atoms with Gasteiger partial charge in [-0.3, -0.25) is 29.1 Å². The first-order valence-electron chi connectivity index (χ1n) is 12.4. The predicted molar refractivity (Wildman–Crippen MR) is 134 cm³/mol. The van der Waals surface area contributed by atoms with Gasteiger partial charge >= 0.3 is 0 Å². The number of carbonyl (C=O) groups excluding carboxylic acids is 4. The van der Waals surface area contributed by atoms with Crippen molar-refractivity contribution in [1.82, 2.24) is 30.1 Å². The second kappa shape index (κ2) is 10.0. The first kappa shape index (κ1) is 24.5. The molecule has 0 bridgehead atoms. The molecule has 0 aliphatic carbocycles. The minimum Gasteiger partial charge on any atom is -0.339 e. The molecule has 2 fully saturated rings. The van der Waals surface area contributed by atoms with Crippen molar-refractivity contribution in [2.75, 3.05) is 13.1 Å². The molecule has 0 saturated carbocycles. The molecule has 5 rings (SSSR count). The van der Waals surface area contributed by atoms with E-state index in [1.165, 1.54) is 22.2 Å². The summed E-state index contributed by atoms with van der Waals surface area (Å²) in [5.74, 6) is -1.17. The molecule has 1 N–H and O–H groups in total. The van der Waals surface area contributed by atoms with E-state index in [4.69, 9.17) is 0 Å². The highest BCUT2D eigenvalue weighted by Gasteiger charge is 2.52. The fraction of sp³-hybridized carbons (Fsp3) is 0.370. The van der Waals surface area contributed by atoms with E-state index in [2.05, 4.69) is 20.3 Å². The number of likely N-dealkylation sites (tertiary alicyclic amines) is 2. The summed E-state index contributed by atoms with van der Waals surface area (Å²) in [6.45, 7) is 4.20. The van der Waals surface area contributed by atoms with Crippen LogP contribution in [-0.2, 0) is 9.59 Å². The quantitative estimate of drug-likeness (QED) is 0.548. The molecule has 10 heteroatoms. The SMILES string of the molecule is CC(C)C[C@H](NC(=O)c1cnc2ccccc2n1)C(=O)N1CC[C@@H]2[C@H]1C(=O)CN2C(=O)c1cccnc1. The van der Waals surface area contributed by atoms with Crippen LogP contribution in [0.15, 0.2) is 55.0 Å². The number of benzene rings is 1. The van der Waals surface area contributed by atoms with Crippen LogP contribution < -0.4 is 5.32 Å². The fourth-order valence-corrected chi connectivity index (χ4v) is 5.19. The van der Waals surface area contributed by atoms with Gasteiger partial charge in [0, 0.05) is 18.9 Å². The van der Waals surface area contributed by atoms with E-state index in [1.54, 1.807) is 30.5 Å². The number of ketones is 1. The van der Waals surface area contributed by atoms with Gasteiger partial charge in [0.1, 0.15) is 17.8 Å². The second-order valence-electron chi connectivity index (χ2n) is 9.87. The van der Waals surface area contributed by atoms with Crippen LogP contribution in [-0.4, -0.2) is 79.5 Å². The van der Waals surface area contributed by atoms with Crippen molar-refractivity contribution in [2.45, 2.75) is 44.8 Å². The van der Waals surface area contributed by atoms with Crippen LogP contribution in [0, 0.1) is 5.92 Å². The van der Waals surface area contributed by atoms with Crippen molar-refractivity contribution < 1.29 is 19.2 Å². The van der Waals surface area contributed by atoms with Gasteiger partial charge in [-0.05, 0) is 43.0 Å². The van der Waals surface area contributed by atoms with Crippen LogP contribution in [0.25, 0.3) is 11.0 Å². The Bertz CT molecular complexity index is 1360. The third-order valence-electron chi connectivity index (χ3n) is 6.87. The molecule has 10 nitrogen and oxygen atoms in total. The summed E-state index contributed by atoms with van der Waals surface area (Å²) in [5.41, 5.74) is 1.77. The van der Waals surface area contributed by atoms with E-state index in [9.17, 15) is 19.2 Å². The summed E-state index contributed by atoms with van der Waals surface area (Å²) in [7, 11) is 0. The Morgan fingerprint density at radius 1 is 1.05 bits per heavy atom. The van der Waals surface area contributed by atoms with E-state index >= 15 is 0 Å². The molecule has 0 unspecified atom stereocenters. The molecule has 1 aromatic carbocycles. The van der Waals surface area contributed by atoms with Gasteiger partial charge in [0.05, 0.1) is 35.4 Å². The highest BCUT2D eigenvalue weighted by atomic mass is 16.2. The van der Waals surface area contributed by atoms with Crippen molar-refractivity contribution in [3.05, 3.63) is 66.2 Å².